The largest absolute Gasteiger partial charge is 0.356 e. The van der Waals surface area contributed by atoms with Crippen LogP contribution in [0, 0.1) is 0 Å². The quantitative estimate of drug-likeness (QED) is 0.728. The molecule has 0 saturated carbocycles. The average Bonchev–Trinajstić information content (AvgIpc) is 2.48. The summed E-state index contributed by atoms with van der Waals surface area (Å²) in [5.74, 6) is -0.0631. The Hall–Kier alpha value is -1.36. The van der Waals surface area contributed by atoms with Crippen LogP contribution in [-0.2, 0) is 16.5 Å². The maximum Gasteiger partial charge on any atom is 0.167 e. The van der Waals surface area contributed by atoms with Crippen molar-refractivity contribution in [2.45, 2.75) is 5.75 Å². The Morgan fingerprint density at radius 3 is 2.85 bits per heavy atom. The SMILES string of the molecule is O=[SH](=O)Cc1noc2ccccc12. The predicted octanol–water partition coefficient (Wildman–Crippen LogP) is 0.939. The Balaban J connectivity index is 2.57. The fraction of sp³-hybridized carbons (Fsp3) is 0.125. The second-order valence-electron chi connectivity index (χ2n) is 2.62. The van der Waals surface area contributed by atoms with E-state index in [-0.39, 0.29) is 5.75 Å². The van der Waals surface area contributed by atoms with Crippen molar-refractivity contribution in [1.82, 2.24) is 5.16 Å². The Bertz CT molecular complexity index is 493. The minimum atomic E-state index is -2.45. The summed E-state index contributed by atoms with van der Waals surface area (Å²) in [4.78, 5) is 0. The van der Waals surface area contributed by atoms with Crippen LogP contribution in [0.2, 0.25) is 0 Å². The van der Waals surface area contributed by atoms with E-state index in [2.05, 4.69) is 5.16 Å². The van der Waals surface area contributed by atoms with Gasteiger partial charge in [0.15, 0.2) is 5.58 Å². The summed E-state index contributed by atoms with van der Waals surface area (Å²) < 4.78 is 25.9. The second-order valence-corrected chi connectivity index (χ2v) is 3.60. The number of rotatable bonds is 2. The van der Waals surface area contributed by atoms with Crippen molar-refractivity contribution < 1.29 is 12.9 Å². The first kappa shape index (κ1) is 8.25. The lowest BCUT2D eigenvalue weighted by Crippen LogP contribution is -1.86. The van der Waals surface area contributed by atoms with Crippen LogP contribution in [0.3, 0.4) is 0 Å². The maximum atomic E-state index is 10.5. The van der Waals surface area contributed by atoms with E-state index in [1.165, 1.54) is 0 Å². The van der Waals surface area contributed by atoms with E-state index in [1.54, 1.807) is 12.1 Å². The van der Waals surface area contributed by atoms with Crippen LogP contribution >= 0.6 is 0 Å². The fourth-order valence-electron chi connectivity index (χ4n) is 1.17. The molecule has 4 nitrogen and oxygen atoms in total. The van der Waals surface area contributed by atoms with Crippen molar-refractivity contribution in [2.75, 3.05) is 0 Å². The van der Waals surface area contributed by atoms with Gasteiger partial charge in [0.05, 0.1) is 5.75 Å². The smallest absolute Gasteiger partial charge is 0.167 e. The van der Waals surface area contributed by atoms with Crippen LogP contribution in [0.15, 0.2) is 28.8 Å². The normalized spacial score (nSPS) is 11.2. The lowest BCUT2D eigenvalue weighted by Gasteiger charge is -1.86. The number of para-hydroxylation sites is 1. The van der Waals surface area contributed by atoms with Crippen molar-refractivity contribution >= 4 is 21.7 Å². The second kappa shape index (κ2) is 3.18. The van der Waals surface area contributed by atoms with E-state index in [1.807, 2.05) is 12.1 Å². The highest BCUT2D eigenvalue weighted by molar-refractivity contribution is 7.71. The monoisotopic (exact) mass is 197 g/mol. The number of thiol groups is 1. The van der Waals surface area contributed by atoms with Gasteiger partial charge in [-0.05, 0) is 12.1 Å². The van der Waals surface area contributed by atoms with E-state index < -0.39 is 10.7 Å². The van der Waals surface area contributed by atoms with Crippen LogP contribution in [0.5, 0.6) is 0 Å². The van der Waals surface area contributed by atoms with E-state index in [0.717, 1.165) is 5.39 Å². The molecule has 0 saturated heterocycles. The topological polar surface area (TPSA) is 60.2 Å². The molecule has 1 aromatic heterocycles. The molecule has 0 fully saturated rings. The summed E-state index contributed by atoms with van der Waals surface area (Å²) >= 11 is 0. The molecule has 2 rings (SSSR count). The van der Waals surface area contributed by atoms with Crippen molar-refractivity contribution in [3.8, 4) is 0 Å². The highest BCUT2D eigenvalue weighted by atomic mass is 32.2. The third kappa shape index (κ3) is 1.55. The molecular formula is C8H7NO3S. The first-order valence-electron chi connectivity index (χ1n) is 3.72. The van der Waals surface area contributed by atoms with Crippen LogP contribution in [0.1, 0.15) is 5.69 Å². The maximum absolute atomic E-state index is 10.5. The van der Waals surface area contributed by atoms with Gasteiger partial charge in [0.1, 0.15) is 16.4 Å². The van der Waals surface area contributed by atoms with Crippen LogP contribution in [0.25, 0.3) is 11.0 Å². The molecule has 5 heteroatoms. The minimum absolute atomic E-state index is 0.0631. The van der Waals surface area contributed by atoms with Gasteiger partial charge in [-0.15, -0.1) is 0 Å². The summed E-state index contributed by atoms with van der Waals surface area (Å²) in [7, 11) is -2.45. The van der Waals surface area contributed by atoms with Crippen LogP contribution < -0.4 is 0 Å². The Morgan fingerprint density at radius 2 is 2.08 bits per heavy atom. The van der Waals surface area contributed by atoms with Gasteiger partial charge in [0, 0.05) is 5.39 Å². The number of fused-ring (bicyclic) bond motifs is 1. The standard InChI is InChI=1S/C8H7NO3S/c10-13(11)5-7-6-3-1-2-4-8(6)12-9-7/h1-4,13H,5H2. The van der Waals surface area contributed by atoms with Gasteiger partial charge in [-0.3, -0.25) is 0 Å². The number of benzene rings is 1. The van der Waals surface area contributed by atoms with Crippen molar-refractivity contribution in [2.24, 2.45) is 0 Å². The lowest BCUT2D eigenvalue weighted by molar-refractivity contribution is 0.449. The van der Waals surface area contributed by atoms with E-state index >= 15 is 0 Å². The molecule has 0 aliphatic carbocycles. The highest BCUT2D eigenvalue weighted by Crippen LogP contribution is 2.17. The molecule has 68 valence electrons. The van der Waals surface area contributed by atoms with Crippen molar-refractivity contribution in [3.63, 3.8) is 0 Å². The van der Waals surface area contributed by atoms with Gasteiger partial charge < -0.3 is 4.52 Å². The van der Waals surface area contributed by atoms with E-state index in [9.17, 15) is 8.42 Å². The summed E-state index contributed by atoms with van der Waals surface area (Å²) in [6, 6.07) is 7.18. The van der Waals surface area contributed by atoms with Crippen LogP contribution in [-0.4, -0.2) is 13.6 Å². The molecule has 0 spiro atoms. The Morgan fingerprint density at radius 1 is 1.31 bits per heavy atom. The predicted molar refractivity (Wildman–Crippen MR) is 48.0 cm³/mol. The van der Waals surface area contributed by atoms with Gasteiger partial charge in [-0.25, -0.2) is 8.42 Å². The number of hydrogen-bond acceptors (Lipinski definition) is 4. The molecule has 0 aliphatic heterocycles. The number of aromatic nitrogens is 1. The molecule has 0 radical (unpaired) electrons. The lowest BCUT2D eigenvalue weighted by atomic mass is 10.2. The zero-order valence-corrected chi connectivity index (χ0v) is 7.53. The molecule has 0 aliphatic rings. The van der Waals surface area contributed by atoms with Crippen LogP contribution in [0.4, 0.5) is 0 Å². The fourth-order valence-corrected chi connectivity index (χ4v) is 1.65. The zero-order valence-electron chi connectivity index (χ0n) is 6.64. The third-order valence-electron chi connectivity index (χ3n) is 1.73. The van der Waals surface area contributed by atoms with Gasteiger partial charge in [0.2, 0.25) is 0 Å². The minimum Gasteiger partial charge on any atom is -0.356 e. The molecule has 1 heterocycles. The Kier molecular flexibility index (Phi) is 2.02. The first-order chi connectivity index (χ1) is 6.27. The summed E-state index contributed by atoms with van der Waals surface area (Å²) in [6.45, 7) is 0. The zero-order chi connectivity index (χ0) is 9.26. The molecule has 0 amide bonds. The summed E-state index contributed by atoms with van der Waals surface area (Å²) in [6.07, 6.45) is 0. The summed E-state index contributed by atoms with van der Waals surface area (Å²) in [5.41, 5.74) is 1.10. The Labute approximate surface area is 76.1 Å². The molecule has 2 aromatic rings. The molecule has 13 heavy (non-hydrogen) atoms. The molecule has 1 aromatic carbocycles. The van der Waals surface area contributed by atoms with Crippen molar-refractivity contribution in [1.29, 1.82) is 0 Å². The molecular weight excluding hydrogens is 190 g/mol. The molecule has 0 N–H and O–H groups in total. The van der Waals surface area contributed by atoms with Gasteiger partial charge in [0.25, 0.3) is 0 Å². The van der Waals surface area contributed by atoms with Gasteiger partial charge in [-0.2, -0.15) is 0 Å². The molecule has 0 atom stereocenters. The van der Waals surface area contributed by atoms with E-state index in [0.29, 0.717) is 11.3 Å². The highest BCUT2D eigenvalue weighted by Gasteiger charge is 2.06. The first-order valence-corrected chi connectivity index (χ1v) is 5.09. The molecule has 0 unspecified atom stereocenters. The average molecular weight is 197 g/mol. The number of nitrogens with zero attached hydrogens (tertiary/aromatic N) is 1. The molecule has 0 bridgehead atoms. The summed E-state index contributed by atoms with van der Waals surface area (Å²) in [5, 5.41) is 4.44. The van der Waals surface area contributed by atoms with Gasteiger partial charge >= 0.3 is 0 Å². The third-order valence-corrected chi connectivity index (χ3v) is 2.29. The van der Waals surface area contributed by atoms with Gasteiger partial charge in [-0.1, -0.05) is 17.3 Å². The van der Waals surface area contributed by atoms with Crippen molar-refractivity contribution in [3.05, 3.63) is 30.0 Å². The number of hydrogen-bond donors (Lipinski definition) is 1. The van der Waals surface area contributed by atoms with E-state index in [4.69, 9.17) is 4.52 Å².